The molecular weight excluding hydrogens is 274 g/mol. The van der Waals surface area contributed by atoms with Gasteiger partial charge in [-0.15, -0.1) is 11.3 Å². The van der Waals surface area contributed by atoms with Crippen molar-refractivity contribution in [2.75, 3.05) is 6.61 Å². The van der Waals surface area contributed by atoms with Crippen molar-refractivity contribution in [2.45, 2.75) is 58.5 Å². The number of carbonyl (C=O) groups is 1. The van der Waals surface area contributed by atoms with E-state index in [1.165, 1.54) is 4.88 Å². The number of amides is 2. The van der Waals surface area contributed by atoms with E-state index in [1.807, 2.05) is 27.0 Å². The van der Waals surface area contributed by atoms with E-state index in [4.69, 9.17) is 0 Å². The average Bonchev–Trinajstić information content (AvgIpc) is 2.87. The van der Waals surface area contributed by atoms with E-state index < -0.39 is 5.54 Å². The van der Waals surface area contributed by atoms with Crippen molar-refractivity contribution in [1.29, 1.82) is 0 Å². The minimum absolute atomic E-state index is 0.0696. The van der Waals surface area contributed by atoms with E-state index in [1.54, 1.807) is 11.3 Å². The molecule has 0 aliphatic heterocycles. The Kier molecular flexibility index (Phi) is 6.42. The number of rotatable bonds is 7. The molecule has 2 unspecified atom stereocenters. The predicted molar refractivity (Wildman–Crippen MR) is 82.0 cm³/mol. The summed E-state index contributed by atoms with van der Waals surface area (Å²) in [6, 6.07) is -0.402. The summed E-state index contributed by atoms with van der Waals surface area (Å²) in [6.45, 7) is 7.80. The molecule has 0 saturated heterocycles. The molecule has 0 aliphatic rings. The second kappa shape index (κ2) is 7.59. The van der Waals surface area contributed by atoms with E-state index >= 15 is 0 Å². The summed E-state index contributed by atoms with van der Waals surface area (Å²) in [5.74, 6) is 0. The van der Waals surface area contributed by atoms with Gasteiger partial charge in [0.2, 0.25) is 0 Å². The molecule has 5 nitrogen and oxygen atoms in total. The number of carbonyl (C=O) groups excluding carboxylic acids is 1. The Hall–Kier alpha value is -1.14. The van der Waals surface area contributed by atoms with Gasteiger partial charge in [0.15, 0.2) is 0 Å². The normalized spacial score (nSPS) is 15.4. The number of urea groups is 1. The van der Waals surface area contributed by atoms with Crippen LogP contribution in [0.4, 0.5) is 4.79 Å². The topological polar surface area (TPSA) is 74.2 Å². The maximum absolute atomic E-state index is 12.0. The van der Waals surface area contributed by atoms with Crippen LogP contribution in [-0.4, -0.2) is 28.3 Å². The Morgan fingerprint density at radius 2 is 2.25 bits per heavy atom. The lowest BCUT2D eigenvalue weighted by atomic mass is 9.98. The second-order valence-corrected chi connectivity index (χ2v) is 6.45. The minimum Gasteiger partial charge on any atom is -0.394 e. The van der Waals surface area contributed by atoms with Crippen LogP contribution < -0.4 is 10.6 Å². The van der Waals surface area contributed by atoms with Gasteiger partial charge in [-0.2, -0.15) is 0 Å². The Morgan fingerprint density at radius 3 is 2.75 bits per heavy atom. The molecule has 114 valence electrons. The highest BCUT2D eigenvalue weighted by Gasteiger charge is 2.25. The average molecular weight is 299 g/mol. The molecule has 0 radical (unpaired) electrons. The van der Waals surface area contributed by atoms with Gasteiger partial charge in [0.1, 0.15) is 5.01 Å². The van der Waals surface area contributed by atoms with Gasteiger partial charge in [-0.25, -0.2) is 9.78 Å². The Labute approximate surface area is 124 Å². The van der Waals surface area contributed by atoms with Crippen LogP contribution in [0.2, 0.25) is 0 Å². The summed E-state index contributed by atoms with van der Waals surface area (Å²) in [7, 11) is 0. The van der Waals surface area contributed by atoms with Gasteiger partial charge < -0.3 is 15.7 Å². The Bertz CT molecular complexity index is 436. The molecule has 0 saturated carbocycles. The fourth-order valence-corrected chi connectivity index (χ4v) is 2.85. The number of nitrogens with zero attached hydrogens (tertiary/aromatic N) is 1. The van der Waals surface area contributed by atoms with Gasteiger partial charge in [0.05, 0.1) is 18.2 Å². The van der Waals surface area contributed by atoms with Crippen LogP contribution in [0, 0.1) is 0 Å². The summed E-state index contributed by atoms with van der Waals surface area (Å²) in [4.78, 5) is 17.5. The van der Waals surface area contributed by atoms with E-state index in [9.17, 15) is 9.90 Å². The van der Waals surface area contributed by atoms with E-state index in [0.29, 0.717) is 0 Å². The van der Waals surface area contributed by atoms with E-state index in [-0.39, 0.29) is 18.7 Å². The summed E-state index contributed by atoms with van der Waals surface area (Å²) in [5.41, 5.74) is -0.573. The quantitative estimate of drug-likeness (QED) is 0.724. The van der Waals surface area contributed by atoms with Crippen LogP contribution in [0.15, 0.2) is 6.20 Å². The van der Waals surface area contributed by atoms with Crippen LogP contribution >= 0.6 is 11.3 Å². The summed E-state index contributed by atoms with van der Waals surface area (Å²) in [5, 5.41) is 16.0. The molecule has 0 fully saturated rings. The number of aryl methyl sites for hydroxylation is 1. The van der Waals surface area contributed by atoms with Crippen LogP contribution in [0.25, 0.3) is 0 Å². The van der Waals surface area contributed by atoms with Crippen molar-refractivity contribution in [3.05, 3.63) is 16.1 Å². The van der Waals surface area contributed by atoms with Gasteiger partial charge in [-0.1, -0.05) is 20.3 Å². The third-order valence-corrected chi connectivity index (χ3v) is 4.53. The summed E-state index contributed by atoms with van der Waals surface area (Å²) >= 11 is 1.61. The number of hydrogen-bond acceptors (Lipinski definition) is 4. The molecule has 20 heavy (non-hydrogen) atoms. The lowest BCUT2D eigenvalue weighted by molar-refractivity contribution is 0.162. The SMILES string of the molecule is CCCC(C)(CO)NC(=O)NC(C)c1ncc(CC)s1. The minimum atomic E-state index is -0.573. The fourth-order valence-electron chi connectivity index (χ4n) is 1.99. The number of nitrogens with one attached hydrogen (secondary N) is 2. The maximum Gasteiger partial charge on any atom is 0.315 e. The zero-order chi connectivity index (χ0) is 15.2. The van der Waals surface area contributed by atoms with Crippen molar-refractivity contribution in [1.82, 2.24) is 15.6 Å². The smallest absolute Gasteiger partial charge is 0.315 e. The number of thiazole rings is 1. The maximum atomic E-state index is 12.0. The predicted octanol–water partition coefficient (Wildman–Crippen LogP) is 2.62. The second-order valence-electron chi connectivity index (χ2n) is 5.31. The molecule has 0 aliphatic carbocycles. The molecule has 1 heterocycles. The highest BCUT2D eigenvalue weighted by atomic mass is 32.1. The molecule has 6 heteroatoms. The van der Waals surface area contributed by atoms with Crippen LogP contribution in [-0.2, 0) is 6.42 Å². The number of aliphatic hydroxyl groups excluding tert-OH is 1. The van der Waals surface area contributed by atoms with Crippen molar-refractivity contribution >= 4 is 17.4 Å². The molecule has 3 N–H and O–H groups in total. The van der Waals surface area contributed by atoms with Gasteiger partial charge >= 0.3 is 6.03 Å². The fraction of sp³-hybridized carbons (Fsp3) is 0.714. The number of hydrogen-bond donors (Lipinski definition) is 3. The Morgan fingerprint density at radius 1 is 1.55 bits per heavy atom. The summed E-state index contributed by atoms with van der Waals surface area (Å²) < 4.78 is 0. The van der Waals surface area contributed by atoms with Crippen molar-refractivity contribution in [2.24, 2.45) is 0 Å². The summed E-state index contributed by atoms with van der Waals surface area (Å²) in [6.07, 6.45) is 4.45. The van der Waals surface area contributed by atoms with E-state index in [2.05, 4.69) is 22.5 Å². The molecule has 0 spiro atoms. The van der Waals surface area contributed by atoms with Crippen molar-refractivity contribution < 1.29 is 9.90 Å². The van der Waals surface area contributed by atoms with Crippen LogP contribution in [0.5, 0.6) is 0 Å². The van der Waals surface area contributed by atoms with Gasteiger partial charge in [0, 0.05) is 11.1 Å². The molecule has 2 amide bonds. The van der Waals surface area contributed by atoms with Gasteiger partial charge in [0.25, 0.3) is 0 Å². The highest BCUT2D eigenvalue weighted by molar-refractivity contribution is 7.11. The van der Waals surface area contributed by atoms with Crippen molar-refractivity contribution in [3.8, 4) is 0 Å². The zero-order valence-corrected chi connectivity index (χ0v) is 13.5. The molecule has 0 bridgehead atoms. The molecule has 2 atom stereocenters. The lowest BCUT2D eigenvalue weighted by Crippen LogP contribution is -2.52. The number of aliphatic hydroxyl groups is 1. The number of aromatic nitrogens is 1. The van der Waals surface area contributed by atoms with Gasteiger partial charge in [-0.3, -0.25) is 0 Å². The first kappa shape index (κ1) is 16.9. The highest BCUT2D eigenvalue weighted by Crippen LogP contribution is 2.20. The lowest BCUT2D eigenvalue weighted by Gasteiger charge is -2.29. The van der Waals surface area contributed by atoms with Crippen LogP contribution in [0.3, 0.4) is 0 Å². The van der Waals surface area contributed by atoms with Crippen LogP contribution in [0.1, 0.15) is 56.5 Å². The zero-order valence-electron chi connectivity index (χ0n) is 12.7. The standard InChI is InChI=1S/C14H25N3O2S/c1-5-7-14(4,9-18)17-13(19)16-10(3)12-15-8-11(6-2)20-12/h8,10,18H,5-7,9H2,1-4H3,(H2,16,17,19). The van der Waals surface area contributed by atoms with Gasteiger partial charge in [-0.05, 0) is 26.7 Å². The third kappa shape index (κ3) is 4.76. The Balaban J connectivity index is 2.56. The van der Waals surface area contributed by atoms with E-state index in [0.717, 1.165) is 24.3 Å². The molecule has 1 aromatic heterocycles. The first-order valence-corrected chi connectivity index (χ1v) is 7.90. The van der Waals surface area contributed by atoms with Crippen molar-refractivity contribution in [3.63, 3.8) is 0 Å². The largest absolute Gasteiger partial charge is 0.394 e. The first-order chi connectivity index (χ1) is 9.44. The molecule has 0 aromatic carbocycles. The molecule has 1 rings (SSSR count). The monoisotopic (exact) mass is 299 g/mol. The molecule has 1 aromatic rings. The first-order valence-electron chi connectivity index (χ1n) is 7.08. The third-order valence-electron chi connectivity index (χ3n) is 3.20. The molecular formula is C14H25N3O2S.